The van der Waals surface area contributed by atoms with E-state index in [1.165, 1.54) is 0 Å². The molecule has 1 heterocycles. The van der Waals surface area contributed by atoms with E-state index in [1.807, 2.05) is 25.7 Å². The molecular weight excluding hydrogens is 304 g/mol. The van der Waals surface area contributed by atoms with Crippen LogP contribution in [0.3, 0.4) is 0 Å². The molecule has 122 valence electrons. The summed E-state index contributed by atoms with van der Waals surface area (Å²) >= 11 is 6.29. The van der Waals surface area contributed by atoms with Crippen LogP contribution >= 0.6 is 11.6 Å². The molecule has 6 heteroatoms. The molecule has 0 saturated carbocycles. The standard InChI is InChI=1S/C16H23ClN2O3/c1-10(2)22-15-13(17)7-12(8-14(15)21-4)16(20)19-6-5-18-9-11(19)3/h7-8,10-11,18H,5-6,9H2,1-4H3/t11-/m0/s1. The van der Waals surface area contributed by atoms with Crippen molar-refractivity contribution >= 4 is 17.5 Å². The molecule has 1 amide bonds. The van der Waals surface area contributed by atoms with Gasteiger partial charge in [-0.15, -0.1) is 0 Å². The van der Waals surface area contributed by atoms with Crippen LogP contribution in [-0.4, -0.2) is 49.7 Å². The second kappa shape index (κ2) is 7.20. The number of piperazine rings is 1. The number of hydrogen-bond donors (Lipinski definition) is 1. The number of nitrogens with one attached hydrogen (secondary N) is 1. The second-order valence-electron chi connectivity index (χ2n) is 5.71. The largest absolute Gasteiger partial charge is 0.493 e. The van der Waals surface area contributed by atoms with Gasteiger partial charge in [0.1, 0.15) is 0 Å². The minimum atomic E-state index is -0.0368. The first-order valence-corrected chi connectivity index (χ1v) is 7.87. The first-order valence-electron chi connectivity index (χ1n) is 7.50. The van der Waals surface area contributed by atoms with Crippen molar-refractivity contribution in [3.8, 4) is 11.5 Å². The van der Waals surface area contributed by atoms with E-state index in [4.69, 9.17) is 21.1 Å². The molecule has 1 aromatic carbocycles. The molecule has 0 radical (unpaired) electrons. The lowest BCUT2D eigenvalue weighted by atomic mass is 10.1. The first-order chi connectivity index (χ1) is 10.4. The zero-order valence-corrected chi connectivity index (χ0v) is 14.2. The van der Waals surface area contributed by atoms with E-state index in [0.29, 0.717) is 28.6 Å². The van der Waals surface area contributed by atoms with E-state index in [0.717, 1.165) is 13.1 Å². The van der Waals surface area contributed by atoms with E-state index in [1.54, 1.807) is 19.2 Å². The molecule has 1 aliphatic rings. The van der Waals surface area contributed by atoms with Crippen LogP contribution in [-0.2, 0) is 0 Å². The van der Waals surface area contributed by atoms with Crippen LogP contribution in [0, 0.1) is 0 Å². The molecular formula is C16H23ClN2O3. The lowest BCUT2D eigenvalue weighted by Crippen LogP contribution is -2.52. The fourth-order valence-corrected chi connectivity index (χ4v) is 2.76. The number of methoxy groups -OCH3 is 1. The van der Waals surface area contributed by atoms with Crippen molar-refractivity contribution in [2.45, 2.75) is 32.9 Å². The van der Waals surface area contributed by atoms with Crippen LogP contribution in [0.15, 0.2) is 12.1 Å². The smallest absolute Gasteiger partial charge is 0.254 e. The maximum Gasteiger partial charge on any atom is 0.254 e. The fourth-order valence-electron chi connectivity index (χ4n) is 2.50. The number of rotatable bonds is 4. The van der Waals surface area contributed by atoms with Crippen molar-refractivity contribution < 1.29 is 14.3 Å². The Bertz CT molecular complexity index is 548. The summed E-state index contributed by atoms with van der Waals surface area (Å²) in [5.74, 6) is 0.918. The van der Waals surface area contributed by atoms with Gasteiger partial charge >= 0.3 is 0 Å². The summed E-state index contributed by atoms with van der Waals surface area (Å²) in [5, 5.41) is 3.66. The maximum atomic E-state index is 12.7. The van der Waals surface area contributed by atoms with Gasteiger partial charge in [0.25, 0.3) is 5.91 Å². The van der Waals surface area contributed by atoms with Crippen molar-refractivity contribution in [1.82, 2.24) is 10.2 Å². The Morgan fingerprint density at radius 2 is 2.18 bits per heavy atom. The number of nitrogens with zero attached hydrogens (tertiary/aromatic N) is 1. The zero-order valence-electron chi connectivity index (χ0n) is 13.5. The van der Waals surface area contributed by atoms with Crippen LogP contribution in [0.25, 0.3) is 0 Å². The molecule has 0 aromatic heterocycles. The van der Waals surface area contributed by atoms with Gasteiger partial charge in [-0.05, 0) is 32.9 Å². The molecule has 5 nitrogen and oxygen atoms in total. The summed E-state index contributed by atoms with van der Waals surface area (Å²) in [7, 11) is 1.54. The summed E-state index contributed by atoms with van der Waals surface area (Å²) in [5.41, 5.74) is 0.520. The fraction of sp³-hybridized carbons (Fsp3) is 0.562. The monoisotopic (exact) mass is 326 g/mol. The third kappa shape index (κ3) is 3.65. The Morgan fingerprint density at radius 1 is 1.45 bits per heavy atom. The quantitative estimate of drug-likeness (QED) is 0.924. The van der Waals surface area contributed by atoms with E-state index in [2.05, 4.69) is 5.32 Å². The average molecular weight is 327 g/mol. The topological polar surface area (TPSA) is 50.8 Å². The van der Waals surface area contributed by atoms with E-state index < -0.39 is 0 Å². The lowest BCUT2D eigenvalue weighted by molar-refractivity contribution is 0.0655. The Balaban J connectivity index is 2.31. The van der Waals surface area contributed by atoms with Crippen LogP contribution in [0.2, 0.25) is 5.02 Å². The summed E-state index contributed by atoms with van der Waals surface area (Å²) in [6.45, 7) is 8.14. The molecule has 0 aliphatic carbocycles. The highest BCUT2D eigenvalue weighted by atomic mass is 35.5. The Morgan fingerprint density at radius 3 is 2.77 bits per heavy atom. The third-order valence-electron chi connectivity index (χ3n) is 3.59. The first kappa shape index (κ1) is 16.9. The van der Waals surface area contributed by atoms with Gasteiger partial charge in [-0.3, -0.25) is 4.79 Å². The molecule has 2 rings (SSSR count). The predicted octanol–water partition coefficient (Wildman–Crippen LogP) is 2.57. The molecule has 22 heavy (non-hydrogen) atoms. The summed E-state index contributed by atoms with van der Waals surface area (Å²) in [4.78, 5) is 14.6. The molecule has 0 unspecified atom stereocenters. The Kier molecular flexibility index (Phi) is 5.53. The van der Waals surface area contributed by atoms with E-state index in [-0.39, 0.29) is 18.1 Å². The summed E-state index contributed by atoms with van der Waals surface area (Å²) in [6.07, 6.45) is -0.0267. The number of ether oxygens (including phenoxy) is 2. The summed E-state index contributed by atoms with van der Waals surface area (Å²) < 4.78 is 11.0. The number of carbonyl (C=O) groups excluding carboxylic acids is 1. The highest BCUT2D eigenvalue weighted by Crippen LogP contribution is 2.37. The van der Waals surface area contributed by atoms with E-state index >= 15 is 0 Å². The minimum absolute atomic E-state index is 0.0267. The van der Waals surface area contributed by atoms with Gasteiger partial charge in [-0.1, -0.05) is 11.6 Å². The highest BCUT2D eigenvalue weighted by Gasteiger charge is 2.26. The number of benzene rings is 1. The number of halogens is 1. The average Bonchev–Trinajstić information content (AvgIpc) is 2.48. The van der Waals surface area contributed by atoms with Gasteiger partial charge in [-0.2, -0.15) is 0 Å². The zero-order chi connectivity index (χ0) is 16.3. The molecule has 1 aliphatic heterocycles. The second-order valence-corrected chi connectivity index (χ2v) is 6.11. The SMILES string of the molecule is COc1cc(C(=O)N2CCNC[C@@H]2C)cc(Cl)c1OC(C)C. The van der Waals surface area contributed by atoms with Crippen LogP contribution in [0.4, 0.5) is 0 Å². The van der Waals surface area contributed by atoms with Crippen molar-refractivity contribution in [3.63, 3.8) is 0 Å². The van der Waals surface area contributed by atoms with Crippen molar-refractivity contribution in [1.29, 1.82) is 0 Å². The Labute approximate surface area is 136 Å². The minimum Gasteiger partial charge on any atom is -0.493 e. The van der Waals surface area contributed by atoms with Gasteiger partial charge < -0.3 is 19.7 Å². The molecule has 0 bridgehead atoms. The third-order valence-corrected chi connectivity index (χ3v) is 3.87. The predicted molar refractivity (Wildman–Crippen MR) is 87.1 cm³/mol. The Hall–Kier alpha value is -1.46. The summed E-state index contributed by atoms with van der Waals surface area (Å²) in [6, 6.07) is 3.50. The molecule has 1 N–H and O–H groups in total. The molecule has 1 saturated heterocycles. The van der Waals surface area contributed by atoms with Gasteiger partial charge in [0.05, 0.1) is 18.2 Å². The number of amides is 1. The van der Waals surface area contributed by atoms with Crippen molar-refractivity contribution in [3.05, 3.63) is 22.7 Å². The van der Waals surface area contributed by atoms with Crippen LogP contribution < -0.4 is 14.8 Å². The van der Waals surface area contributed by atoms with Crippen LogP contribution in [0.5, 0.6) is 11.5 Å². The van der Waals surface area contributed by atoms with Crippen LogP contribution in [0.1, 0.15) is 31.1 Å². The van der Waals surface area contributed by atoms with Gasteiger partial charge in [0.2, 0.25) is 0 Å². The van der Waals surface area contributed by atoms with E-state index in [9.17, 15) is 4.79 Å². The van der Waals surface area contributed by atoms with Gasteiger partial charge in [0, 0.05) is 31.2 Å². The maximum absolute atomic E-state index is 12.7. The highest BCUT2D eigenvalue weighted by molar-refractivity contribution is 6.32. The lowest BCUT2D eigenvalue weighted by Gasteiger charge is -2.34. The van der Waals surface area contributed by atoms with Gasteiger partial charge in [-0.25, -0.2) is 0 Å². The number of hydrogen-bond acceptors (Lipinski definition) is 4. The van der Waals surface area contributed by atoms with Crippen molar-refractivity contribution in [2.75, 3.05) is 26.7 Å². The normalized spacial score (nSPS) is 18.5. The molecule has 0 spiro atoms. The van der Waals surface area contributed by atoms with Gasteiger partial charge in [0.15, 0.2) is 11.5 Å². The van der Waals surface area contributed by atoms with Crippen molar-refractivity contribution in [2.24, 2.45) is 0 Å². The molecule has 1 aromatic rings. The molecule has 1 fully saturated rings. The number of carbonyl (C=O) groups is 1. The molecule has 1 atom stereocenters.